The molecule has 4 aromatic rings. The fourth-order valence-electron chi connectivity index (χ4n) is 5.06. The van der Waals surface area contributed by atoms with E-state index in [4.69, 9.17) is 9.40 Å². The minimum atomic E-state index is 0.350. The first-order chi connectivity index (χ1) is 15.8. The fraction of sp³-hybridized carbons (Fsp3) is 0.276. The van der Waals surface area contributed by atoms with Crippen molar-refractivity contribution in [2.75, 3.05) is 0 Å². The molecule has 1 heterocycles. The second-order valence-corrected chi connectivity index (χ2v) is 8.90. The van der Waals surface area contributed by atoms with Crippen LogP contribution in [0.3, 0.4) is 0 Å². The van der Waals surface area contributed by atoms with Crippen LogP contribution < -0.4 is 0 Å². The molecule has 0 bridgehead atoms. The number of phenolic OH excluding ortho intramolecular Hbond substituents is 1. The molecule has 0 radical (unpaired) electrons. The van der Waals surface area contributed by atoms with Gasteiger partial charge in [-0.2, -0.15) is 0 Å². The first kappa shape index (κ1) is 20.6. The molecular formula is C29H29NO2. The van der Waals surface area contributed by atoms with Crippen LogP contribution in [0.1, 0.15) is 37.1 Å². The highest BCUT2D eigenvalue weighted by Gasteiger charge is 2.28. The van der Waals surface area contributed by atoms with Crippen molar-refractivity contribution < 1.29 is 9.52 Å². The Bertz CT molecular complexity index is 1090. The van der Waals surface area contributed by atoms with Gasteiger partial charge in [0.05, 0.1) is 0 Å². The molecule has 5 rings (SSSR count). The molecule has 2 atom stereocenters. The highest BCUT2D eigenvalue weighted by atomic mass is 16.4. The van der Waals surface area contributed by atoms with E-state index in [-0.39, 0.29) is 0 Å². The number of rotatable bonds is 6. The Balaban J connectivity index is 1.43. The first-order valence-electron chi connectivity index (χ1n) is 11.6. The van der Waals surface area contributed by atoms with Crippen LogP contribution in [0.5, 0.6) is 5.75 Å². The van der Waals surface area contributed by atoms with Crippen molar-refractivity contribution in [3.05, 3.63) is 96.4 Å². The van der Waals surface area contributed by atoms with Crippen LogP contribution in [0.15, 0.2) is 89.3 Å². The zero-order chi connectivity index (χ0) is 21.8. The molecule has 1 aromatic heterocycles. The van der Waals surface area contributed by atoms with Crippen LogP contribution in [-0.4, -0.2) is 10.1 Å². The van der Waals surface area contributed by atoms with E-state index in [1.807, 2.05) is 48.5 Å². The Hall–Kier alpha value is -3.33. The smallest absolute Gasteiger partial charge is 0.195 e. The first-order valence-corrected chi connectivity index (χ1v) is 11.6. The van der Waals surface area contributed by atoms with Gasteiger partial charge in [-0.3, -0.25) is 0 Å². The summed E-state index contributed by atoms with van der Waals surface area (Å²) in [4.78, 5) is 5.00. The van der Waals surface area contributed by atoms with E-state index in [0.717, 1.165) is 41.3 Å². The molecule has 3 nitrogen and oxygen atoms in total. The monoisotopic (exact) mass is 423 g/mol. The van der Waals surface area contributed by atoms with Crippen LogP contribution in [0.2, 0.25) is 0 Å². The van der Waals surface area contributed by atoms with E-state index in [9.17, 15) is 5.11 Å². The Morgan fingerprint density at radius 1 is 0.750 bits per heavy atom. The van der Waals surface area contributed by atoms with Gasteiger partial charge in [0, 0.05) is 17.5 Å². The lowest BCUT2D eigenvalue weighted by molar-refractivity contribution is 0.222. The molecule has 1 saturated carbocycles. The standard InChI is InChI=1S/C29H29NO2/c31-26-17-9-10-21(19-26)18-24-15-7-8-16-25(24)20-27-30-28(22-11-3-1-4-12-22)29(32-27)23-13-5-2-6-14-23/h1-6,9-14,17,19,24-25,31H,7-8,15-16,18,20H2. The van der Waals surface area contributed by atoms with Crippen LogP contribution in [0.4, 0.5) is 0 Å². The molecule has 0 aliphatic heterocycles. The van der Waals surface area contributed by atoms with Gasteiger partial charge in [-0.25, -0.2) is 4.98 Å². The molecule has 1 aliphatic rings. The van der Waals surface area contributed by atoms with Gasteiger partial charge in [0.25, 0.3) is 0 Å². The topological polar surface area (TPSA) is 46.3 Å². The number of hydrogen-bond donors (Lipinski definition) is 1. The molecule has 3 heteroatoms. The number of oxazole rings is 1. The highest BCUT2D eigenvalue weighted by molar-refractivity contribution is 5.76. The second kappa shape index (κ2) is 9.44. The van der Waals surface area contributed by atoms with E-state index in [1.54, 1.807) is 6.07 Å². The molecule has 0 saturated heterocycles. The predicted octanol–water partition coefficient (Wildman–Crippen LogP) is 7.31. The summed E-state index contributed by atoms with van der Waals surface area (Å²) in [7, 11) is 0. The molecule has 0 amide bonds. The van der Waals surface area contributed by atoms with Crippen molar-refractivity contribution in [1.82, 2.24) is 4.98 Å². The fourth-order valence-corrected chi connectivity index (χ4v) is 5.06. The normalized spacial score (nSPS) is 18.5. The molecule has 1 N–H and O–H groups in total. The third-order valence-electron chi connectivity index (χ3n) is 6.67. The molecule has 3 aromatic carbocycles. The van der Waals surface area contributed by atoms with Gasteiger partial charge in [-0.1, -0.05) is 85.6 Å². The highest BCUT2D eigenvalue weighted by Crippen LogP contribution is 2.38. The van der Waals surface area contributed by atoms with Gasteiger partial charge in [0.1, 0.15) is 11.4 Å². The second-order valence-electron chi connectivity index (χ2n) is 8.90. The Kier molecular flexibility index (Phi) is 6.06. The van der Waals surface area contributed by atoms with Crippen molar-refractivity contribution in [2.24, 2.45) is 11.8 Å². The number of benzene rings is 3. The number of phenols is 1. The van der Waals surface area contributed by atoms with Crippen molar-refractivity contribution >= 4 is 0 Å². The summed E-state index contributed by atoms with van der Waals surface area (Å²) >= 11 is 0. The molecule has 1 aliphatic carbocycles. The van der Waals surface area contributed by atoms with Gasteiger partial charge < -0.3 is 9.52 Å². The lowest BCUT2D eigenvalue weighted by Crippen LogP contribution is -2.23. The molecular weight excluding hydrogens is 394 g/mol. The average molecular weight is 424 g/mol. The van der Waals surface area contributed by atoms with Gasteiger partial charge in [-0.15, -0.1) is 0 Å². The van der Waals surface area contributed by atoms with Crippen molar-refractivity contribution in [3.63, 3.8) is 0 Å². The Labute approximate surface area is 189 Å². The molecule has 32 heavy (non-hydrogen) atoms. The summed E-state index contributed by atoms with van der Waals surface area (Å²) in [5.74, 6) is 3.15. The van der Waals surface area contributed by atoms with E-state index in [0.29, 0.717) is 17.6 Å². The number of hydrogen-bond acceptors (Lipinski definition) is 3. The molecule has 0 spiro atoms. The summed E-state index contributed by atoms with van der Waals surface area (Å²) < 4.78 is 6.42. The van der Waals surface area contributed by atoms with Gasteiger partial charge in [0.15, 0.2) is 11.7 Å². The quantitative estimate of drug-likeness (QED) is 0.354. The predicted molar refractivity (Wildman–Crippen MR) is 128 cm³/mol. The van der Waals surface area contributed by atoms with Gasteiger partial charge >= 0.3 is 0 Å². The van der Waals surface area contributed by atoms with E-state index < -0.39 is 0 Å². The number of aromatic hydroxyl groups is 1. The third kappa shape index (κ3) is 4.62. The molecule has 2 unspecified atom stereocenters. The van der Waals surface area contributed by atoms with Gasteiger partial charge in [-0.05, 0) is 48.8 Å². The van der Waals surface area contributed by atoms with E-state index in [2.05, 4.69) is 30.3 Å². The minimum absolute atomic E-state index is 0.350. The van der Waals surface area contributed by atoms with E-state index in [1.165, 1.54) is 31.2 Å². The van der Waals surface area contributed by atoms with Crippen LogP contribution in [-0.2, 0) is 12.8 Å². The Morgan fingerprint density at radius 3 is 2.09 bits per heavy atom. The largest absolute Gasteiger partial charge is 0.508 e. The zero-order valence-corrected chi connectivity index (χ0v) is 18.3. The van der Waals surface area contributed by atoms with Crippen LogP contribution in [0.25, 0.3) is 22.6 Å². The lowest BCUT2D eigenvalue weighted by Gasteiger charge is -2.31. The van der Waals surface area contributed by atoms with Crippen molar-refractivity contribution in [1.29, 1.82) is 0 Å². The number of nitrogens with zero attached hydrogens (tertiary/aromatic N) is 1. The summed E-state index contributed by atoms with van der Waals surface area (Å²) in [5.41, 5.74) is 4.28. The Morgan fingerprint density at radius 2 is 1.41 bits per heavy atom. The van der Waals surface area contributed by atoms with Crippen molar-refractivity contribution in [2.45, 2.75) is 38.5 Å². The van der Waals surface area contributed by atoms with Crippen molar-refractivity contribution in [3.8, 4) is 28.3 Å². The number of aromatic nitrogens is 1. The summed E-state index contributed by atoms with van der Waals surface area (Å²) in [6.45, 7) is 0. The zero-order valence-electron chi connectivity index (χ0n) is 18.3. The maximum absolute atomic E-state index is 9.87. The summed E-state index contributed by atoms with van der Waals surface area (Å²) in [6, 6.07) is 28.3. The maximum Gasteiger partial charge on any atom is 0.195 e. The molecule has 1 fully saturated rings. The maximum atomic E-state index is 9.87. The summed E-state index contributed by atoms with van der Waals surface area (Å²) in [5, 5.41) is 9.87. The average Bonchev–Trinajstić information content (AvgIpc) is 3.25. The SMILES string of the molecule is Oc1cccc(CC2CCCCC2Cc2nc(-c3ccccc3)c(-c3ccccc3)o2)c1. The van der Waals surface area contributed by atoms with Gasteiger partial charge in [0.2, 0.25) is 0 Å². The van der Waals surface area contributed by atoms with E-state index >= 15 is 0 Å². The summed E-state index contributed by atoms with van der Waals surface area (Å²) in [6.07, 6.45) is 6.81. The molecule has 162 valence electrons. The third-order valence-corrected chi connectivity index (χ3v) is 6.67. The van der Waals surface area contributed by atoms with Crippen LogP contribution in [0, 0.1) is 11.8 Å². The van der Waals surface area contributed by atoms with Crippen LogP contribution >= 0.6 is 0 Å². The lowest BCUT2D eigenvalue weighted by atomic mass is 9.74. The minimum Gasteiger partial charge on any atom is -0.508 e.